The molecule has 3 rings (SSSR count). The first-order valence-electron chi connectivity index (χ1n) is 9.03. The maximum Gasteiger partial charge on any atom is 0.307 e. The van der Waals surface area contributed by atoms with Gasteiger partial charge < -0.3 is 24.4 Å². The third kappa shape index (κ3) is 4.64. The van der Waals surface area contributed by atoms with E-state index < -0.39 is 0 Å². The van der Waals surface area contributed by atoms with Crippen LogP contribution in [0.5, 0.6) is 5.75 Å². The van der Waals surface area contributed by atoms with Gasteiger partial charge in [-0.3, -0.25) is 4.79 Å². The van der Waals surface area contributed by atoms with Crippen LogP contribution in [0.15, 0.2) is 24.3 Å². The molecule has 0 amide bonds. The first-order chi connectivity index (χ1) is 12.2. The fourth-order valence-electron chi connectivity index (χ4n) is 3.65. The normalized spacial score (nSPS) is 24.3. The van der Waals surface area contributed by atoms with Gasteiger partial charge in [0, 0.05) is 25.4 Å². The van der Waals surface area contributed by atoms with Gasteiger partial charge in [0.2, 0.25) is 0 Å². The third-order valence-electron chi connectivity index (χ3n) is 5.10. The number of benzene rings is 1. The fraction of sp³-hybridized carbons (Fsp3) is 0.632. The number of methoxy groups -OCH3 is 2. The molecule has 2 heterocycles. The Balaban J connectivity index is 1.65. The molecule has 0 saturated carbocycles. The molecule has 2 fully saturated rings. The summed E-state index contributed by atoms with van der Waals surface area (Å²) in [5.74, 6) is 0.722. The van der Waals surface area contributed by atoms with E-state index in [1.165, 1.54) is 7.11 Å². The van der Waals surface area contributed by atoms with Crippen molar-refractivity contribution in [3.05, 3.63) is 24.3 Å². The maximum atomic E-state index is 11.7. The lowest BCUT2D eigenvalue weighted by molar-refractivity contribution is -0.141. The quantitative estimate of drug-likeness (QED) is 0.793. The van der Waals surface area contributed by atoms with Crippen LogP contribution in [0, 0.1) is 0 Å². The summed E-state index contributed by atoms with van der Waals surface area (Å²) in [6, 6.07) is 8.28. The summed E-state index contributed by atoms with van der Waals surface area (Å²) in [7, 11) is 3.15. The Morgan fingerprint density at radius 1 is 1.16 bits per heavy atom. The number of anilines is 1. The molecular weight excluding hydrogens is 320 g/mol. The molecule has 0 radical (unpaired) electrons. The summed E-state index contributed by atoms with van der Waals surface area (Å²) in [4.78, 5) is 13.9. The van der Waals surface area contributed by atoms with E-state index in [9.17, 15) is 4.79 Å². The molecule has 138 valence electrons. The zero-order chi connectivity index (χ0) is 17.6. The molecule has 25 heavy (non-hydrogen) atoms. The Labute approximate surface area is 149 Å². The standard InChI is InChI=1S/C19H28N2O4/c1-23-18-11-15(12-19(22)24-2)21(13-18)14-3-5-16(6-4-14)25-17-7-9-20-10-8-17/h3-6,15,17-18,20H,7-13H2,1-2H3/t15-,18-/m1/s1. The van der Waals surface area contributed by atoms with Crippen molar-refractivity contribution in [1.82, 2.24) is 5.32 Å². The molecule has 1 aromatic carbocycles. The molecule has 1 aromatic rings. The average Bonchev–Trinajstić information content (AvgIpc) is 3.06. The summed E-state index contributed by atoms with van der Waals surface area (Å²) in [6.45, 7) is 2.82. The molecule has 0 aromatic heterocycles. The van der Waals surface area contributed by atoms with E-state index in [0.29, 0.717) is 12.5 Å². The second-order valence-electron chi connectivity index (χ2n) is 6.74. The molecule has 2 aliphatic rings. The topological polar surface area (TPSA) is 60.0 Å². The van der Waals surface area contributed by atoms with Gasteiger partial charge in [-0.15, -0.1) is 0 Å². The number of piperidine rings is 1. The van der Waals surface area contributed by atoms with Crippen LogP contribution in [0.4, 0.5) is 5.69 Å². The molecule has 2 saturated heterocycles. The monoisotopic (exact) mass is 348 g/mol. The van der Waals surface area contributed by atoms with Crippen LogP contribution in [0.25, 0.3) is 0 Å². The molecular formula is C19H28N2O4. The summed E-state index contributed by atoms with van der Waals surface area (Å²) in [5.41, 5.74) is 1.09. The van der Waals surface area contributed by atoms with Gasteiger partial charge >= 0.3 is 5.97 Å². The lowest BCUT2D eigenvalue weighted by Gasteiger charge is -2.27. The smallest absolute Gasteiger partial charge is 0.307 e. The van der Waals surface area contributed by atoms with Gasteiger partial charge in [0.15, 0.2) is 0 Å². The van der Waals surface area contributed by atoms with Crippen molar-refractivity contribution in [3.63, 3.8) is 0 Å². The Hall–Kier alpha value is -1.79. The number of hydrogen-bond donors (Lipinski definition) is 1. The van der Waals surface area contributed by atoms with E-state index in [-0.39, 0.29) is 18.1 Å². The predicted molar refractivity (Wildman–Crippen MR) is 96.1 cm³/mol. The van der Waals surface area contributed by atoms with Gasteiger partial charge in [-0.25, -0.2) is 0 Å². The largest absolute Gasteiger partial charge is 0.490 e. The van der Waals surface area contributed by atoms with Gasteiger partial charge in [0.25, 0.3) is 0 Å². The first-order valence-corrected chi connectivity index (χ1v) is 9.03. The van der Waals surface area contributed by atoms with Crippen molar-refractivity contribution >= 4 is 11.7 Å². The minimum absolute atomic E-state index is 0.105. The minimum Gasteiger partial charge on any atom is -0.490 e. The lowest BCUT2D eigenvalue weighted by Crippen LogP contribution is -2.34. The van der Waals surface area contributed by atoms with Crippen LogP contribution in [-0.2, 0) is 14.3 Å². The van der Waals surface area contributed by atoms with Gasteiger partial charge in [-0.2, -0.15) is 0 Å². The summed E-state index contributed by atoms with van der Waals surface area (Å²) in [5, 5.41) is 3.35. The first kappa shape index (κ1) is 18.0. The second kappa shape index (κ2) is 8.54. The predicted octanol–water partition coefficient (Wildman–Crippen LogP) is 1.97. The van der Waals surface area contributed by atoms with E-state index in [1.54, 1.807) is 7.11 Å². The molecule has 2 aliphatic heterocycles. The van der Waals surface area contributed by atoms with Gasteiger partial charge in [0.1, 0.15) is 11.9 Å². The average molecular weight is 348 g/mol. The molecule has 6 nitrogen and oxygen atoms in total. The Morgan fingerprint density at radius 3 is 2.52 bits per heavy atom. The SMILES string of the molecule is COC(=O)C[C@H]1C[C@@H](OC)CN1c1ccc(OC2CCNCC2)cc1. The van der Waals surface area contributed by atoms with Crippen molar-refractivity contribution in [2.24, 2.45) is 0 Å². The highest BCUT2D eigenvalue weighted by atomic mass is 16.5. The number of rotatable bonds is 6. The van der Waals surface area contributed by atoms with Crippen molar-refractivity contribution < 1.29 is 19.0 Å². The van der Waals surface area contributed by atoms with Crippen LogP contribution in [0.2, 0.25) is 0 Å². The number of nitrogens with zero attached hydrogens (tertiary/aromatic N) is 1. The Kier molecular flexibility index (Phi) is 6.15. The highest BCUT2D eigenvalue weighted by molar-refractivity contribution is 5.71. The molecule has 0 spiro atoms. The Morgan fingerprint density at radius 2 is 1.88 bits per heavy atom. The van der Waals surface area contributed by atoms with Crippen molar-refractivity contribution in [3.8, 4) is 5.75 Å². The van der Waals surface area contributed by atoms with Crippen LogP contribution >= 0.6 is 0 Å². The number of esters is 1. The summed E-state index contributed by atoms with van der Waals surface area (Å²) < 4.78 is 16.4. The molecule has 0 aliphatic carbocycles. The summed E-state index contributed by atoms with van der Waals surface area (Å²) >= 11 is 0. The molecule has 0 bridgehead atoms. The van der Waals surface area contributed by atoms with Crippen LogP contribution in [-0.4, -0.2) is 58.1 Å². The van der Waals surface area contributed by atoms with Gasteiger partial charge in [0.05, 0.1) is 19.6 Å². The highest BCUT2D eigenvalue weighted by Gasteiger charge is 2.34. The molecule has 2 atom stereocenters. The molecule has 0 unspecified atom stereocenters. The minimum atomic E-state index is -0.183. The van der Waals surface area contributed by atoms with Gasteiger partial charge in [-0.05, 0) is 56.6 Å². The number of hydrogen-bond acceptors (Lipinski definition) is 6. The number of ether oxygens (including phenoxy) is 3. The van der Waals surface area contributed by atoms with Crippen molar-refractivity contribution in [2.75, 3.05) is 38.8 Å². The number of carbonyl (C=O) groups excluding carboxylic acids is 1. The van der Waals surface area contributed by atoms with Crippen molar-refractivity contribution in [1.29, 1.82) is 0 Å². The summed E-state index contributed by atoms with van der Waals surface area (Å²) in [6.07, 6.45) is 3.74. The van der Waals surface area contributed by atoms with E-state index >= 15 is 0 Å². The Bertz CT molecular complexity index is 557. The zero-order valence-electron chi connectivity index (χ0n) is 15.1. The van der Waals surface area contributed by atoms with Crippen LogP contribution in [0.1, 0.15) is 25.7 Å². The highest BCUT2D eigenvalue weighted by Crippen LogP contribution is 2.30. The third-order valence-corrected chi connectivity index (χ3v) is 5.10. The molecule has 1 N–H and O–H groups in total. The van der Waals surface area contributed by atoms with E-state index in [1.807, 2.05) is 12.1 Å². The van der Waals surface area contributed by atoms with Gasteiger partial charge in [-0.1, -0.05) is 0 Å². The fourth-order valence-corrected chi connectivity index (χ4v) is 3.65. The lowest BCUT2D eigenvalue weighted by atomic mass is 10.1. The number of carbonyl (C=O) groups is 1. The van der Waals surface area contributed by atoms with Crippen LogP contribution < -0.4 is 15.0 Å². The number of nitrogens with one attached hydrogen (secondary N) is 1. The van der Waals surface area contributed by atoms with E-state index in [2.05, 4.69) is 22.3 Å². The maximum absolute atomic E-state index is 11.7. The second-order valence-corrected chi connectivity index (χ2v) is 6.74. The van der Waals surface area contributed by atoms with Crippen molar-refractivity contribution in [2.45, 2.75) is 43.9 Å². The van der Waals surface area contributed by atoms with E-state index in [4.69, 9.17) is 14.2 Å². The van der Waals surface area contributed by atoms with E-state index in [0.717, 1.165) is 50.3 Å². The molecule has 6 heteroatoms. The zero-order valence-corrected chi connectivity index (χ0v) is 15.1. The van der Waals surface area contributed by atoms with Crippen LogP contribution in [0.3, 0.4) is 0 Å².